The zero-order chi connectivity index (χ0) is 18.6. The Morgan fingerprint density at radius 1 is 1.11 bits per heavy atom. The van der Waals surface area contributed by atoms with Crippen LogP contribution in [0.25, 0.3) is 0 Å². The van der Waals surface area contributed by atoms with E-state index in [1.807, 2.05) is 30.3 Å². The van der Waals surface area contributed by atoms with Gasteiger partial charge in [-0.3, -0.25) is 4.79 Å². The second kappa shape index (κ2) is 7.97. The van der Waals surface area contributed by atoms with E-state index in [4.69, 9.17) is 4.74 Å². The summed E-state index contributed by atoms with van der Waals surface area (Å²) in [4.78, 5) is 13.9. The number of aryl methyl sites for hydroxylation is 2. The predicted octanol–water partition coefficient (Wildman–Crippen LogP) is 4.69. The van der Waals surface area contributed by atoms with Crippen LogP contribution in [0.4, 0.5) is 0 Å². The summed E-state index contributed by atoms with van der Waals surface area (Å²) in [5.41, 5.74) is 4.99. The Morgan fingerprint density at radius 2 is 2.00 bits per heavy atom. The Bertz CT molecular complexity index is 933. The highest BCUT2D eigenvalue weighted by Gasteiger charge is 2.20. The molecule has 4 rings (SSSR count). The molecule has 3 aromatic rings. The molecule has 0 saturated heterocycles. The largest absolute Gasteiger partial charge is 0.497 e. The third kappa shape index (κ3) is 4.06. The molecule has 1 atom stereocenters. The fourth-order valence-electron chi connectivity index (χ4n) is 3.73. The van der Waals surface area contributed by atoms with Crippen LogP contribution in [0.15, 0.2) is 60.0 Å². The van der Waals surface area contributed by atoms with Gasteiger partial charge in [-0.25, -0.2) is 0 Å². The third-order valence-corrected chi connectivity index (χ3v) is 6.02. The highest BCUT2D eigenvalue weighted by Crippen LogP contribution is 2.30. The molecule has 0 bridgehead atoms. The molecule has 0 aliphatic heterocycles. The molecule has 0 spiro atoms. The standard InChI is InChI=1S/C23H23NO2S/c1-26-20-8-2-5-16(13-20)14-22(25)24-23(21-9-4-12-27-21)19-11-10-17-6-3-7-18(17)15-19/h2,4-5,8-13,15,23H,3,6-7,14H2,1H3,(H,24,25)/t23-/m0/s1. The Labute approximate surface area is 164 Å². The topological polar surface area (TPSA) is 38.3 Å². The second-order valence-corrected chi connectivity index (χ2v) is 7.91. The summed E-state index contributed by atoms with van der Waals surface area (Å²) in [5, 5.41) is 5.30. The summed E-state index contributed by atoms with van der Waals surface area (Å²) < 4.78 is 5.26. The lowest BCUT2D eigenvalue weighted by Crippen LogP contribution is -2.30. The van der Waals surface area contributed by atoms with Crippen LogP contribution >= 0.6 is 11.3 Å². The molecule has 3 nitrogen and oxygen atoms in total. The van der Waals surface area contributed by atoms with Crippen molar-refractivity contribution in [2.75, 3.05) is 7.11 Å². The molecule has 1 aliphatic carbocycles. The van der Waals surface area contributed by atoms with Crippen LogP contribution in [0.5, 0.6) is 5.75 Å². The van der Waals surface area contributed by atoms with Gasteiger partial charge in [0.2, 0.25) is 5.91 Å². The van der Waals surface area contributed by atoms with Crippen LogP contribution in [0.1, 0.15) is 39.6 Å². The van der Waals surface area contributed by atoms with Gasteiger partial charge in [0.15, 0.2) is 0 Å². The van der Waals surface area contributed by atoms with Crippen molar-refractivity contribution in [3.05, 3.63) is 87.1 Å². The summed E-state index contributed by atoms with van der Waals surface area (Å²) in [6, 6.07) is 18.4. The van der Waals surface area contributed by atoms with Crippen LogP contribution < -0.4 is 10.1 Å². The lowest BCUT2D eigenvalue weighted by Gasteiger charge is -2.19. The maximum Gasteiger partial charge on any atom is 0.225 e. The molecular weight excluding hydrogens is 354 g/mol. The number of ether oxygens (including phenoxy) is 1. The first-order valence-electron chi connectivity index (χ1n) is 9.30. The van der Waals surface area contributed by atoms with Gasteiger partial charge in [-0.2, -0.15) is 0 Å². The molecule has 1 N–H and O–H groups in total. The van der Waals surface area contributed by atoms with Crippen molar-refractivity contribution in [3.8, 4) is 5.75 Å². The lowest BCUT2D eigenvalue weighted by molar-refractivity contribution is -0.120. The third-order valence-electron chi connectivity index (χ3n) is 5.09. The summed E-state index contributed by atoms with van der Waals surface area (Å²) >= 11 is 1.68. The minimum atomic E-state index is -0.103. The number of fused-ring (bicyclic) bond motifs is 1. The van der Waals surface area contributed by atoms with Crippen LogP contribution in [-0.4, -0.2) is 13.0 Å². The van der Waals surface area contributed by atoms with Crippen molar-refractivity contribution in [1.29, 1.82) is 0 Å². The number of amides is 1. The van der Waals surface area contributed by atoms with Gasteiger partial charge < -0.3 is 10.1 Å². The quantitative estimate of drug-likeness (QED) is 0.676. The van der Waals surface area contributed by atoms with Crippen molar-refractivity contribution in [1.82, 2.24) is 5.32 Å². The molecule has 0 fully saturated rings. The minimum absolute atomic E-state index is 0.0159. The van der Waals surface area contributed by atoms with Gasteiger partial charge in [-0.1, -0.05) is 36.4 Å². The molecule has 1 aromatic heterocycles. The Hall–Kier alpha value is -2.59. The van der Waals surface area contributed by atoms with Gasteiger partial charge in [-0.05, 0) is 65.1 Å². The molecule has 1 aliphatic rings. The number of hydrogen-bond donors (Lipinski definition) is 1. The molecular formula is C23H23NO2S. The highest BCUT2D eigenvalue weighted by molar-refractivity contribution is 7.10. The molecule has 1 heterocycles. The van der Waals surface area contributed by atoms with Crippen molar-refractivity contribution >= 4 is 17.2 Å². The average Bonchev–Trinajstić information content (AvgIpc) is 3.37. The monoisotopic (exact) mass is 377 g/mol. The summed E-state index contributed by atoms with van der Waals surface area (Å²) in [7, 11) is 1.64. The van der Waals surface area contributed by atoms with Crippen LogP contribution in [0.2, 0.25) is 0 Å². The Kier molecular flexibility index (Phi) is 5.26. The SMILES string of the molecule is COc1cccc(CC(=O)N[C@@H](c2ccc3c(c2)CCC3)c2cccs2)c1. The second-order valence-electron chi connectivity index (χ2n) is 6.93. The number of benzene rings is 2. The first-order chi connectivity index (χ1) is 13.2. The van der Waals surface area contributed by atoms with Crippen molar-refractivity contribution < 1.29 is 9.53 Å². The van der Waals surface area contributed by atoms with E-state index in [0.717, 1.165) is 28.2 Å². The number of thiophene rings is 1. The first-order valence-corrected chi connectivity index (χ1v) is 10.2. The summed E-state index contributed by atoms with van der Waals surface area (Å²) in [6.45, 7) is 0. The Morgan fingerprint density at radius 3 is 2.81 bits per heavy atom. The van der Waals surface area contributed by atoms with E-state index in [0.29, 0.717) is 6.42 Å². The number of nitrogens with one attached hydrogen (secondary N) is 1. The normalized spacial score (nSPS) is 13.8. The fraction of sp³-hybridized carbons (Fsp3) is 0.261. The van der Waals surface area contributed by atoms with E-state index < -0.39 is 0 Å². The van der Waals surface area contributed by atoms with E-state index in [9.17, 15) is 4.79 Å². The summed E-state index contributed by atoms with van der Waals surface area (Å²) in [6.07, 6.45) is 3.87. The first kappa shape index (κ1) is 17.8. The molecule has 4 heteroatoms. The van der Waals surface area contributed by atoms with E-state index in [1.165, 1.54) is 24.0 Å². The van der Waals surface area contributed by atoms with E-state index in [-0.39, 0.29) is 11.9 Å². The summed E-state index contributed by atoms with van der Waals surface area (Å²) in [5.74, 6) is 0.788. The van der Waals surface area contributed by atoms with Gasteiger partial charge >= 0.3 is 0 Å². The maximum atomic E-state index is 12.8. The number of methoxy groups -OCH3 is 1. The molecule has 0 saturated carbocycles. The minimum Gasteiger partial charge on any atom is -0.497 e. The van der Waals surface area contributed by atoms with Crippen LogP contribution in [0.3, 0.4) is 0 Å². The van der Waals surface area contributed by atoms with E-state index in [1.54, 1.807) is 18.4 Å². The van der Waals surface area contributed by atoms with E-state index in [2.05, 4.69) is 35.0 Å². The maximum absolute atomic E-state index is 12.8. The van der Waals surface area contributed by atoms with Crippen molar-refractivity contribution in [2.24, 2.45) is 0 Å². The van der Waals surface area contributed by atoms with Gasteiger partial charge in [-0.15, -0.1) is 11.3 Å². The number of carbonyl (C=O) groups excluding carboxylic acids is 1. The molecule has 27 heavy (non-hydrogen) atoms. The van der Waals surface area contributed by atoms with Gasteiger partial charge in [0.25, 0.3) is 0 Å². The Balaban J connectivity index is 1.55. The van der Waals surface area contributed by atoms with E-state index >= 15 is 0 Å². The molecule has 0 radical (unpaired) electrons. The van der Waals surface area contributed by atoms with Crippen LogP contribution in [0, 0.1) is 0 Å². The zero-order valence-corrected chi connectivity index (χ0v) is 16.2. The fourth-order valence-corrected chi connectivity index (χ4v) is 4.53. The zero-order valence-electron chi connectivity index (χ0n) is 15.4. The van der Waals surface area contributed by atoms with Crippen molar-refractivity contribution in [3.63, 3.8) is 0 Å². The number of carbonyl (C=O) groups is 1. The number of rotatable bonds is 6. The molecule has 0 unspecified atom stereocenters. The predicted molar refractivity (Wildman–Crippen MR) is 109 cm³/mol. The average molecular weight is 378 g/mol. The smallest absolute Gasteiger partial charge is 0.225 e. The van der Waals surface area contributed by atoms with Gasteiger partial charge in [0, 0.05) is 4.88 Å². The van der Waals surface area contributed by atoms with Crippen LogP contribution in [-0.2, 0) is 24.1 Å². The van der Waals surface area contributed by atoms with Gasteiger partial charge in [0.1, 0.15) is 5.75 Å². The number of hydrogen-bond acceptors (Lipinski definition) is 3. The highest BCUT2D eigenvalue weighted by atomic mass is 32.1. The molecule has 1 amide bonds. The van der Waals surface area contributed by atoms with Crippen molar-refractivity contribution in [2.45, 2.75) is 31.7 Å². The van der Waals surface area contributed by atoms with Gasteiger partial charge in [0.05, 0.1) is 19.6 Å². The molecule has 138 valence electrons. The lowest BCUT2D eigenvalue weighted by atomic mass is 9.99. The molecule has 2 aromatic carbocycles.